The number of benzene rings is 2. The van der Waals surface area contributed by atoms with Crippen LogP contribution in [0.5, 0.6) is 0 Å². The molecule has 1 aliphatic heterocycles. The molecular weight excluding hydrogens is 284 g/mol. The van der Waals surface area contributed by atoms with E-state index in [2.05, 4.69) is 10.0 Å². The van der Waals surface area contributed by atoms with Gasteiger partial charge in [-0.15, -0.1) is 0 Å². The van der Waals surface area contributed by atoms with Crippen LogP contribution in [0.25, 0.3) is 0 Å². The van der Waals surface area contributed by atoms with Crippen molar-refractivity contribution in [3.8, 4) is 0 Å². The first kappa shape index (κ1) is 14.1. The molecule has 0 bridgehead atoms. The number of rotatable bonds is 4. The summed E-state index contributed by atoms with van der Waals surface area (Å²) in [6.45, 7) is 1.25. The molecule has 3 rings (SSSR count). The van der Waals surface area contributed by atoms with Crippen LogP contribution in [-0.2, 0) is 23.0 Å². The van der Waals surface area contributed by atoms with Crippen molar-refractivity contribution in [3.05, 3.63) is 59.7 Å². The normalized spacial score (nSPS) is 14.3. The summed E-state index contributed by atoms with van der Waals surface area (Å²) >= 11 is 0. The van der Waals surface area contributed by atoms with Gasteiger partial charge in [0.2, 0.25) is 10.0 Å². The summed E-state index contributed by atoms with van der Waals surface area (Å²) in [5, 5.41) is 3.28. The minimum absolute atomic E-state index is 0.304. The Balaban J connectivity index is 1.78. The summed E-state index contributed by atoms with van der Waals surface area (Å²) in [4.78, 5) is 0.334. The summed E-state index contributed by atoms with van der Waals surface area (Å²) < 4.78 is 27.4. The lowest BCUT2D eigenvalue weighted by atomic mass is 10.0. The third-order valence-corrected chi connectivity index (χ3v) is 5.03. The highest BCUT2D eigenvalue weighted by Gasteiger charge is 2.17. The molecule has 21 heavy (non-hydrogen) atoms. The van der Waals surface area contributed by atoms with Crippen LogP contribution in [0.1, 0.15) is 17.5 Å². The Kier molecular flexibility index (Phi) is 3.94. The van der Waals surface area contributed by atoms with E-state index in [1.54, 1.807) is 12.1 Å². The number of hydrogen-bond acceptors (Lipinski definition) is 3. The second kappa shape index (κ2) is 5.87. The number of fused-ring (bicyclic) bond motifs is 1. The van der Waals surface area contributed by atoms with E-state index in [9.17, 15) is 8.42 Å². The van der Waals surface area contributed by atoms with E-state index in [4.69, 9.17) is 0 Å². The van der Waals surface area contributed by atoms with Crippen LogP contribution in [-0.4, -0.2) is 15.0 Å². The SMILES string of the molecule is O=S(=O)(NCc1ccccc1)c1ccc2c(c1)CCCN2. The Morgan fingerprint density at radius 3 is 2.71 bits per heavy atom. The molecule has 110 valence electrons. The maximum Gasteiger partial charge on any atom is 0.240 e. The zero-order valence-corrected chi connectivity index (χ0v) is 12.5. The molecule has 0 spiro atoms. The second-order valence-electron chi connectivity index (χ2n) is 5.16. The highest BCUT2D eigenvalue weighted by atomic mass is 32.2. The highest BCUT2D eigenvalue weighted by molar-refractivity contribution is 7.89. The van der Waals surface area contributed by atoms with Crippen molar-refractivity contribution in [1.82, 2.24) is 4.72 Å². The largest absolute Gasteiger partial charge is 0.385 e. The van der Waals surface area contributed by atoms with Crippen molar-refractivity contribution in [3.63, 3.8) is 0 Å². The standard InChI is InChI=1S/C16H18N2O2S/c19-21(20,18-12-13-5-2-1-3-6-13)15-8-9-16-14(11-15)7-4-10-17-16/h1-3,5-6,8-9,11,17-18H,4,7,10,12H2. The van der Waals surface area contributed by atoms with Crippen LogP contribution in [0, 0.1) is 0 Å². The van der Waals surface area contributed by atoms with Gasteiger partial charge in [0.1, 0.15) is 0 Å². The maximum absolute atomic E-state index is 12.4. The number of hydrogen-bond donors (Lipinski definition) is 2. The third-order valence-electron chi connectivity index (χ3n) is 3.63. The first-order valence-corrected chi connectivity index (χ1v) is 8.54. The zero-order chi connectivity index (χ0) is 14.7. The molecule has 2 N–H and O–H groups in total. The molecule has 0 atom stereocenters. The first-order valence-electron chi connectivity index (χ1n) is 7.05. The fraction of sp³-hybridized carbons (Fsp3) is 0.250. The molecule has 0 amide bonds. The molecule has 0 aromatic heterocycles. The van der Waals surface area contributed by atoms with Crippen LogP contribution in [0.2, 0.25) is 0 Å². The van der Waals surface area contributed by atoms with Gasteiger partial charge < -0.3 is 5.32 Å². The average Bonchev–Trinajstić information content (AvgIpc) is 2.53. The molecule has 1 aliphatic rings. The van der Waals surface area contributed by atoms with Gasteiger partial charge in [-0.25, -0.2) is 13.1 Å². The molecule has 1 heterocycles. The van der Waals surface area contributed by atoms with E-state index in [0.717, 1.165) is 36.2 Å². The fourth-order valence-electron chi connectivity index (χ4n) is 2.48. The number of nitrogens with one attached hydrogen (secondary N) is 2. The lowest BCUT2D eigenvalue weighted by Crippen LogP contribution is -2.23. The number of anilines is 1. The quantitative estimate of drug-likeness (QED) is 0.912. The smallest absolute Gasteiger partial charge is 0.240 e. The lowest BCUT2D eigenvalue weighted by Gasteiger charge is -2.18. The molecule has 0 radical (unpaired) electrons. The van der Waals surface area contributed by atoms with Crippen molar-refractivity contribution in [2.75, 3.05) is 11.9 Å². The molecule has 0 aliphatic carbocycles. The van der Waals surface area contributed by atoms with E-state index < -0.39 is 10.0 Å². The summed E-state index contributed by atoms with van der Waals surface area (Å²) in [5.41, 5.74) is 3.06. The van der Waals surface area contributed by atoms with E-state index >= 15 is 0 Å². The van der Waals surface area contributed by atoms with Gasteiger partial charge in [-0.05, 0) is 42.2 Å². The summed E-state index contributed by atoms with van der Waals surface area (Å²) in [7, 11) is -3.47. The van der Waals surface area contributed by atoms with Crippen molar-refractivity contribution < 1.29 is 8.42 Å². The first-order chi connectivity index (χ1) is 10.1. The summed E-state index contributed by atoms with van der Waals surface area (Å²) in [6, 6.07) is 14.8. The van der Waals surface area contributed by atoms with Crippen LogP contribution < -0.4 is 10.0 Å². The Morgan fingerprint density at radius 2 is 1.90 bits per heavy atom. The van der Waals surface area contributed by atoms with Gasteiger partial charge in [0.15, 0.2) is 0 Å². The van der Waals surface area contributed by atoms with Gasteiger partial charge in [-0.1, -0.05) is 30.3 Å². The Labute approximate surface area is 125 Å². The second-order valence-corrected chi connectivity index (χ2v) is 6.93. The summed E-state index contributed by atoms with van der Waals surface area (Å²) in [6.07, 6.45) is 1.96. The molecule has 4 nitrogen and oxygen atoms in total. The van der Waals surface area contributed by atoms with Crippen LogP contribution in [0.15, 0.2) is 53.4 Å². The van der Waals surface area contributed by atoms with Crippen LogP contribution in [0.3, 0.4) is 0 Å². The molecule has 0 fully saturated rings. The predicted molar refractivity (Wildman–Crippen MR) is 83.7 cm³/mol. The Morgan fingerprint density at radius 1 is 1.10 bits per heavy atom. The van der Waals surface area contributed by atoms with Crippen molar-refractivity contribution in [2.45, 2.75) is 24.3 Å². The Bertz CT molecular complexity index is 727. The topological polar surface area (TPSA) is 58.2 Å². The lowest BCUT2D eigenvalue weighted by molar-refractivity contribution is 0.581. The molecule has 0 unspecified atom stereocenters. The molecule has 0 saturated carbocycles. The molecule has 0 saturated heterocycles. The monoisotopic (exact) mass is 302 g/mol. The molecule has 5 heteroatoms. The van der Waals surface area contributed by atoms with Crippen molar-refractivity contribution >= 4 is 15.7 Å². The highest BCUT2D eigenvalue weighted by Crippen LogP contribution is 2.24. The fourth-order valence-corrected chi connectivity index (χ4v) is 3.54. The van der Waals surface area contributed by atoms with Gasteiger partial charge in [-0.3, -0.25) is 0 Å². The minimum atomic E-state index is -3.47. The third kappa shape index (κ3) is 3.25. The molecular formula is C16H18N2O2S. The van der Waals surface area contributed by atoms with Crippen LogP contribution >= 0.6 is 0 Å². The van der Waals surface area contributed by atoms with Gasteiger partial charge in [0, 0.05) is 18.8 Å². The van der Waals surface area contributed by atoms with E-state index in [0.29, 0.717) is 11.4 Å². The van der Waals surface area contributed by atoms with Gasteiger partial charge in [-0.2, -0.15) is 0 Å². The molecule has 2 aromatic rings. The summed E-state index contributed by atoms with van der Waals surface area (Å²) in [5.74, 6) is 0. The van der Waals surface area contributed by atoms with E-state index in [-0.39, 0.29) is 0 Å². The number of sulfonamides is 1. The van der Waals surface area contributed by atoms with Gasteiger partial charge in [0.05, 0.1) is 4.90 Å². The zero-order valence-electron chi connectivity index (χ0n) is 11.7. The van der Waals surface area contributed by atoms with E-state index in [1.807, 2.05) is 36.4 Å². The van der Waals surface area contributed by atoms with Crippen molar-refractivity contribution in [2.24, 2.45) is 0 Å². The maximum atomic E-state index is 12.4. The van der Waals surface area contributed by atoms with Crippen molar-refractivity contribution in [1.29, 1.82) is 0 Å². The van der Waals surface area contributed by atoms with Crippen LogP contribution in [0.4, 0.5) is 5.69 Å². The average molecular weight is 302 g/mol. The Hall–Kier alpha value is -1.85. The van der Waals surface area contributed by atoms with Gasteiger partial charge >= 0.3 is 0 Å². The predicted octanol–water partition coefficient (Wildman–Crippen LogP) is 2.52. The number of aryl methyl sites for hydroxylation is 1. The van der Waals surface area contributed by atoms with Gasteiger partial charge in [0.25, 0.3) is 0 Å². The molecule has 2 aromatic carbocycles. The van der Waals surface area contributed by atoms with E-state index in [1.165, 1.54) is 0 Å². The minimum Gasteiger partial charge on any atom is -0.385 e.